The number of hydrogen-bond donors (Lipinski definition) is 2. The molecule has 0 aliphatic heterocycles. The van der Waals surface area contributed by atoms with Crippen LogP contribution in [-0.4, -0.2) is 22.7 Å². The minimum atomic E-state index is 0.157. The molecule has 0 saturated heterocycles. The summed E-state index contributed by atoms with van der Waals surface area (Å²) in [6, 6.07) is 8.58. The predicted molar refractivity (Wildman–Crippen MR) is 80.3 cm³/mol. The lowest BCUT2D eigenvalue weighted by Crippen LogP contribution is -2.31. The first kappa shape index (κ1) is 14.2. The highest BCUT2D eigenvalue weighted by atomic mass is 32.1. The first-order valence-electron chi connectivity index (χ1n) is 6.58. The van der Waals surface area contributed by atoms with Crippen molar-refractivity contribution in [2.45, 2.75) is 32.9 Å². The van der Waals surface area contributed by atoms with Gasteiger partial charge in [-0.25, -0.2) is 4.98 Å². The molecule has 0 aliphatic rings. The fraction of sp³-hybridized carbons (Fsp3) is 0.400. The van der Waals surface area contributed by atoms with Crippen molar-refractivity contribution in [2.24, 2.45) is 0 Å². The number of aryl methyl sites for hydroxylation is 1. The second-order valence-electron chi connectivity index (χ2n) is 4.68. The number of aromatic nitrogens is 1. The van der Waals surface area contributed by atoms with Crippen molar-refractivity contribution in [1.82, 2.24) is 10.3 Å². The van der Waals surface area contributed by atoms with Gasteiger partial charge in [0.1, 0.15) is 5.01 Å². The van der Waals surface area contributed by atoms with E-state index < -0.39 is 0 Å². The average molecular weight is 276 g/mol. The van der Waals surface area contributed by atoms with E-state index in [2.05, 4.69) is 53.8 Å². The lowest BCUT2D eigenvalue weighted by Gasteiger charge is -2.12. The molecule has 3 nitrogen and oxygen atoms in total. The number of aliphatic hydroxyl groups excluding tert-OH is 1. The minimum absolute atomic E-state index is 0.157. The van der Waals surface area contributed by atoms with Gasteiger partial charge in [0.05, 0.1) is 12.3 Å². The highest BCUT2D eigenvalue weighted by Gasteiger charge is 2.07. The van der Waals surface area contributed by atoms with Crippen LogP contribution in [0.15, 0.2) is 29.6 Å². The summed E-state index contributed by atoms with van der Waals surface area (Å²) in [5.74, 6) is 0. The van der Waals surface area contributed by atoms with Gasteiger partial charge < -0.3 is 10.4 Å². The maximum Gasteiger partial charge on any atom is 0.123 e. The Hall–Kier alpha value is -1.23. The van der Waals surface area contributed by atoms with Crippen LogP contribution in [0, 0.1) is 6.92 Å². The Morgan fingerprint density at radius 1 is 1.32 bits per heavy atom. The fourth-order valence-electron chi connectivity index (χ4n) is 1.80. The monoisotopic (exact) mass is 276 g/mol. The molecule has 2 aromatic rings. The average Bonchev–Trinajstić information content (AvgIpc) is 2.89. The summed E-state index contributed by atoms with van der Waals surface area (Å²) < 4.78 is 0. The molecule has 1 aromatic carbocycles. The normalized spacial score (nSPS) is 12.6. The van der Waals surface area contributed by atoms with Crippen LogP contribution in [0.4, 0.5) is 0 Å². The second kappa shape index (κ2) is 6.80. The molecule has 0 aliphatic carbocycles. The minimum Gasteiger partial charge on any atom is -0.395 e. The molecule has 1 heterocycles. The molecule has 2 N–H and O–H groups in total. The molecule has 102 valence electrons. The predicted octanol–water partition coefficient (Wildman–Crippen LogP) is 2.98. The van der Waals surface area contributed by atoms with Crippen molar-refractivity contribution >= 4 is 11.3 Å². The topological polar surface area (TPSA) is 45.1 Å². The Balaban J connectivity index is 2.01. The molecule has 0 bridgehead atoms. The summed E-state index contributed by atoms with van der Waals surface area (Å²) >= 11 is 1.66. The number of nitrogens with one attached hydrogen (secondary N) is 1. The molecular weight excluding hydrogens is 256 g/mol. The number of benzene rings is 1. The second-order valence-corrected chi connectivity index (χ2v) is 5.54. The number of rotatable bonds is 6. The van der Waals surface area contributed by atoms with Gasteiger partial charge in [-0.15, -0.1) is 11.3 Å². The van der Waals surface area contributed by atoms with E-state index in [0.717, 1.165) is 22.7 Å². The Labute approximate surface area is 118 Å². The van der Waals surface area contributed by atoms with Gasteiger partial charge in [0.15, 0.2) is 0 Å². The molecule has 0 saturated carbocycles. The third kappa shape index (κ3) is 3.86. The summed E-state index contributed by atoms with van der Waals surface area (Å²) in [5.41, 5.74) is 3.46. The van der Waals surface area contributed by atoms with Crippen LogP contribution in [0.25, 0.3) is 10.6 Å². The van der Waals surface area contributed by atoms with Crippen molar-refractivity contribution in [2.75, 3.05) is 6.61 Å². The fourth-order valence-corrected chi connectivity index (χ4v) is 2.63. The van der Waals surface area contributed by atoms with Crippen LogP contribution < -0.4 is 5.32 Å². The molecule has 0 amide bonds. The van der Waals surface area contributed by atoms with Crippen molar-refractivity contribution < 1.29 is 5.11 Å². The molecule has 0 radical (unpaired) electrons. The third-order valence-electron chi connectivity index (χ3n) is 3.14. The summed E-state index contributed by atoms with van der Waals surface area (Å²) in [5, 5.41) is 15.6. The van der Waals surface area contributed by atoms with Crippen molar-refractivity contribution in [3.63, 3.8) is 0 Å². The van der Waals surface area contributed by atoms with E-state index >= 15 is 0 Å². The lowest BCUT2D eigenvalue weighted by molar-refractivity contribution is 0.238. The Morgan fingerprint density at radius 3 is 2.68 bits per heavy atom. The zero-order valence-electron chi connectivity index (χ0n) is 11.4. The first-order chi connectivity index (χ1) is 9.22. The van der Waals surface area contributed by atoms with E-state index in [9.17, 15) is 0 Å². The van der Waals surface area contributed by atoms with Crippen molar-refractivity contribution in [3.05, 3.63) is 40.9 Å². The summed E-state index contributed by atoms with van der Waals surface area (Å²) in [4.78, 5) is 4.63. The van der Waals surface area contributed by atoms with Gasteiger partial charge in [-0.2, -0.15) is 0 Å². The van der Waals surface area contributed by atoms with Crippen LogP contribution in [0.5, 0.6) is 0 Å². The van der Waals surface area contributed by atoms with Gasteiger partial charge in [-0.3, -0.25) is 0 Å². The molecule has 1 aromatic heterocycles. The van der Waals surface area contributed by atoms with Crippen LogP contribution in [0.2, 0.25) is 0 Å². The van der Waals surface area contributed by atoms with E-state index in [-0.39, 0.29) is 12.6 Å². The number of hydrogen-bond acceptors (Lipinski definition) is 4. The van der Waals surface area contributed by atoms with Gasteiger partial charge in [-0.1, -0.05) is 36.8 Å². The smallest absolute Gasteiger partial charge is 0.123 e. The Bertz CT molecular complexity index is 503. The molecule has 2 rings (SSSR count). The summed E-state index contributed by atoms with van der Waals surface area (Å²) in [7, 11) is 0. The first-order valence-corrected chi connectivity index (χ1v) is 7.46. The van der Waals surface area contributed by atoms with Crippen LogP contribution in [0.3, 0.4) is 0 Å². The van der Waals surface area contributed by atoms with E-state index in [1.807, 2.05) is 0 Å². The van der Waals surface area contributed by atoms with Gasteiger partial charge in [0.2, 0.25) is 0 Å². The van der Waals surface area contributed by atoms with E-state index in [1.54, 1.807) is 11.3 Å². The molecule has 4 heteroatoms. The number of aliphatic hydroxyl groups is 1. The summed E-state index contributed by atoms with van der Waals surface area (Å²) in [6.07, 6.45) is 0.922. The van der Waals surface area contributed by atoms with Gasteiger partial charge in [0, 0.05) is 23.5 Å². The van der Waals surface area contributed by atoms with E-state index in [4.69, 9.17) is 5.11 Å². The zero-order valence-corrected chi connectivity index (χ0v) is 12.2. The number of thiazole rings is 1. The van der Waals surface area contributed by atoms with E-state index in [1.165, 1.54) is 5.56 Å². The lowest BCUT2D eigenvalue weighted by atomic mass is 10.2. The maximum absolute atomic E-state index is 9.13. The molecule has 0 spiro atoms. The SMILES string of the molecule is CCC(CO)NCc1csc(-c2ccc(C)cc2)n1. The van der Waals surface area contributed by atoms with E-state index in [0.29, 0.717) is 6.54 Å². The number of nitrogens with zero attached hydrogens (tertiary/aromatic N) is 1. The molecule has 19 heavy (non-hydrogen) atoms. The van der Waals surface area contributed by atoms with Crippen LogP contribution in [0.1, 0.15) is 24.6 Å². The van der Waals surface area contributed by atoms with Crippen LogP contribution >= 0.6 is 11.3 Å². The van der Waals surface area contributed by atoms with Gasteiger partial charge in [0.25, 0.3) is 0 Å². The molecular formula is C15H20N2OS. The highest BCUT2D eigenvalue weighted by molar-refractivity contribution is 7.13. The zero-order chi connectivity index (χ0) is 13.7. The Kier molecular flexibility index (Phi) is 5.07. The maximum atomic E-state index is 9.13. The third-order valence-corrected chi connectivity index (χ3v) is 4.08. The molecule has 1 unspecified atom stereocenters. The summed E-state index contributed by atoms with van der Waals surface area (Å²) in [6.45, 7) is 5.03. The largest absolute Gasteiger partial charge is 0.395 e. The highest BCUT2D eigenvalue weighted by Crippen LogP contribution is 2.23. The molecule has 0 fully saturated rings. The van der Waals surface area contributed by atoms with Gasteiger partial charge in [-0.05, 0) is 13.3 Å². The molecule has 1 atom stereocenters. The quantitative estimate of drug-likeness (QED) is 0.852. The van der Waals surface area contributed by atoms with Gasteiger partial charge >= 0.3 is 0 Å². The standard InChI is InChI=1S/C15H20N2OS/c1-3-13(9-18)16-8-14-10-19-15(17-14)12-6-4-11(2)5-7-12/h4-7,10,13,16,18H,3,8-9H2,1-2H3. The van der Waals surface area contributed by atoms with Crippen molar-refractivity contribution in [3.8, 4) is 10.6 Å². The van der Waals surface area contributed by atoms with Crippen molar-refractivity contribution in [1.29, 1.82) is 0 Å². The van der Waals surface area contributed by atoms with Crippen LogP contribution in [-0.2, 0) is 6.54 Å². The Morgan fingerprint density at radius 2 is 2.05 bits per heavy atom.